The number of carbonyl (C=O) groups excluding carboxylic acids is 4. The van der Waals surface area contributed by atoms with Crippen molar-refractivity contribution in [1.29, 1.82) is 0 Å². The lowest BCUT2D eigenvalue weighted by molar-refractivity contribution is -0.136. The molecule has 5 heterocycles. The summed E-state index contributed by atoms with van der Waals surface area (Å²) in [6, 6.07) is 12.5. The summed E-state index contributed by atoms with van der Waals surface area (Å²) in [4.78, 5) is 64.1. The summed E-state index contributed by atoms with van der Waals surface area (Å²) in [7, 11) is 0. The maximum atomic E-state index is 13.9. The van der Waals surface area contributed by atoms with Crippen molar-refractivity contribution in [3.05, 3.63) is 88.2 Å². The van der Waals surface area contributed by atoms with Gasteiger partial charge in [-0.2, -0.15) is 8.78 Å². The van der Waals surface area contributed by atoms with Crippen molar-refractivity contribution in [2.24, 2.45) is 17.3 Å². The van der Waals surface area contributed by atoms with Gasteiger partial charge in [0.1, 0.15) is 17.4 Å². The number of alkyl halides is 2. The highest BCUT2D eigenvalue weighted by molar-refractivity contribution is 7.18. The zero-order valence-corrected chi connectivity index (χ0v) is 36.2. The Morgan fingerprint density at radius 1 is 0.984 bits per heavy atom. The highest BCUT2D eigenvalue weighted by Gasteiger charge is 2.52. The summed E-state index contributed by atoms with van der Waals surface area (Å²) < 4.78 is 28.7. The number of benzene rings is 2. The molecule has 2 aliphatic carbocycles. The van der Waals surface area contributed by atoms with Gasteiger partial charge in [0.15, 0.2) is 0 Å². The van der Waals surface area contributed by atoms with Crippen LogP contribution in [-0.2, 0) is 21.1 Å². The lowest BCUT2D eigenvalue weighted by Gasteiger charge is -2.60. The second-order valence-corrected chi connectivity index (χ2v) is 20.0. The summed E-state index contributed by atoms with van der Waals surface area (Å²) in [5.74, 6) is -3.20. The smallest absolute Gasteiger partial charge is 0.287 e. The summed E-state index contributed by atoms with van der Waals surface area (Å²) in [5, 5.41) is 20.8. The van der Waals surface area contributed by atoms with Crippen molar-refractivity contribution in [3.8, 4) is 0 Å². The number of aliphatic hydroxyl groups is 1. The van der Waals surface area contributed by atoms with Crippen molar-refractivity contribution in [3.63, 3.8) is 0 Å². The highest BCUT2D eigenvalue weighted by atomic mass is 32.1. The Labute approximate surface area is 363 Å². The number of anilines is 2. The monoisotopic (exact) mass is 865 g/mol. The molecule has 0 radical (unpaired) electrons. The second-order valence-electron chi connectivity index (χ2n) is 18.9. The number of imide groups is 1. The third-order valence-corrected chi connectivity index (χ3v) is 14.8. The normalized spacial score (nSPS) is 23.0. The van der Waals surface area contributed by atoms with E-state index >= 15 is 0 Å². The van der Waals surface area contributed by atoms with Gasteiger partial charge >= 0.3 is 0 Å². The molecule has 9 rings (SSSR count). The molecule has 1 unspecified atom stereocenters. The van der Waals surface area contributed by atoms with E-state index in [1.54, 1.807) is 25.2 Å². The van der Waals surface area contributed by atoms with Gasteiger partial charge in [0.25, 0.3) is 17.7 Å². The van der Waals surface area contributed by atoms with Crippen LogP contribution in [0.25, 0.3) is 15.9 Å². The van der Waals surface area contributed by atoms with Gasteiger partial charge < -0.3 is 20.6 Å². The first-order chi connectivity index (χ1) is 29.4. The average Bonchev–Trinajstić information content (AvgIpc) is 3.73. The van der Waals surface area contributed by atoms with Crippen LogP contribution in [0.4, 0.5) is 20.2 Å². The molecule has 2 aromatic heterocycles. The predicted molar refractivity (Wildman–Crippen MR) is 234 cm³/mol. The Hall–Kier alpha value is -5.12. The molecule has 3 aliphatic heterocycles. The Bertz CT molecular complexity index is 2470. The molecule has 2 saturated heterocycles. The number of carbonyl (C=O) groups is 4. The van der Waals surface area contributed by atoms with Gasteiger partial charge in [-0.3, -0.25) is 29.4 Å². The molecule has 4 fully saturated rings. The van der Waals surface area contributed by atoms with Gasteiger partial charge in [0, 0.05) is 73.6 Å². The van der Waals surface area contributed by atoms with Crippen LogP contribution >= 0.6 is 11.3 Å². The quantitative estimate of drug-likeness (QED) is 0.104. The number of thiazole rings is 1. The fourth-order valence-corrected chi connectivity index (χ4v) is 11.8. The van der Waals surface area contributed by atoms with Crippen molar-refractivity contribution in [1.82, 2.24) is 25.1 Å². The predicted octanol–water partition coefficient (Wildman–Crippen LogP) is 8.00. The number of nitrogens with one attached hydrogen (secondary N) is 3. The second kappa shape index (κ2) is 15.9. The molecule has 2 aromatic carbocycles. The van der Waals surface area contributed by atoms with Crippen molar-refractivity contribution in [2.45, 2.75) is 102 Å². The minimum absolute atomic E-state index is 0.134. The summed E-state index contributed by atoms with van der Waals surface area (Å²) in [6.07, 6.45) is 8.35. The van der Waals surface area contributed by atoms with Crippen LogP contribution in [0, 0.1) is 17.3 Å². The first-order valence-corrected chi connectivity index (χ1v) is 22.6. The SMILES string of the molecule is C=C1c2cccc(NCCC3CC4(C3)CN(C[C@H]3CC[C@H](c5nc6cc(C(C)(C)O)c(NC(=O)c7cccc(C(C)(F)F)n7)cc6s5)CC3)C4)c2C(=O)N1C1CCC(=O)NC1=O. The molecular weight excluding hydrogens is 813 g/mol. The Morgan fingerprint density at radius 2 is 1.73 bits per heavy atom. The number of rotatable bonds is 12. The van der Waals surface area contributed by atoms with Gasteiger partial charge in [0.2, 0.25) is 11.8 Å². The molecule has 4 amide bonds. The minimum atomic E-state index is -3.19. The molecular formula is C47H53F2N7O5S. The Morgan fingerprint density at radius 3 is 2.44 bits per heavy atom. The maximum absolute atomic E-state index is 13.9. The van der Waals surface area contributed by atoms with Crippen molar-refractivity contribution in [2.75, 3.05) is 36.8 Å². The molecule has 4 aromatic rings. The number of nitrogens with zero attached hydrogens (tertiary/aromatic N) is 4. The molecule has 62 heavy (non-hydrogen) atoms. The summed E-state index contributed by atoms with van der Waals surface area (Å²) >= 11 is 1.61. The molecule has 326 valence electrons. The van der Waals surface area contributed by atoms with Crippen LogP contribution in [0.15, 0.2) is 55.1 Å². The van der Waals surface area contributed by atoms with E-state index in [1.807, 2.05) is 30.3 Å². The van der Waals surface area contributed by atoms with E-state index in [0.29, 0.717) is 45.7 Å². The Balaban J connectivity index is 0.735. The number of fused-ring (bicyclic) bond motifs is 2. The van der Waals surface area contributed by atoms with Crippen LogP contribution in [0.2, 0.25) is 0 Å². The van der Waals surface area contributed by atoms with Gasteiger partial charge in [-0.15, -0.1) is 11.3 Å². The summed E-state index contributed by atoms with van der Waals surface area (Å²) in [5.41, 5.74) is 2.67. The average molecular weight is 866 g/mol. The molecule has 15 heteroatoms. The topological polar surface area (TPSA) is 157 Å². The van der Waals surface area contributed by atoms with Crippen LogP contribution in [0.5, 0.6) is 0 Å². The molecule has 2 saturated carbocycles. The van der Waals surface area contributed by atoms with E-state index in [2.05, 4.69) is 32.4 Å². The highest BCUT2D eigenvalue weighted by Crippen LogP contribution is 2.54. The van der Waals surface area contributed by atoms with Crippen molar-refractivity contribution < 1.29 is 33.1 Å². The van der Waals surface area contributed by atoms with E-state index in [4.69, 9.17) is 4.98 Å². The first kappa shape index (κ1) is 42.2. The van der Waals surface area contributed by atoms with Gasteiger partial charge in [-0.05, 0) is 113 Å². The zero-order valence-electron chi connectivity index (χ0n) is 35.4. The molecule has 1 atom stereocenters. The number of likely N-dealkylation sites (tertiary alicyclic amines) is 1. The molecule has 4 N–H and O–H groups in total. The van der Waals surface area contributed by atoms with E-state index in [0.717, 1.165) is 91.7 Å². The van der Waals surface area contributed by atoms with E-state index in [-0.39, 0.29) is 30.3 Å². The van der Waals surface area contributed by atoms with Crippen LogP contribution in [0.3, 0.4) is 0 Å². The van der Waals surface area contributed by atoms with Crippen LogP contribution in [-0.4, -0.2) is 80.7 Å². The fourth-order valence-electron chi connectivity index (χ4n) is 10.6. The first-order valence-electron chi connectivity index (χ1n) is 21.7. The van der Waals surface area contributed by atoms with E-state index < -0.39 is 35.1 Å². The van der Waals surface area contributed by atoms with Crippen LogP contribution in [0.1, 0.15) is 127 Å². The van der Waals surface area contributed by atoms with E-state index in [9.17, 15) is 33.1 Å². The van der Waals surface area contributed by atoms with Crippen molar-refractivity contribution >= 4 is 62.3 Å². The zero-order chi connectivity index (χ0) is 43.7. The van der Waals surface area contributed by atoms with Gasteiger partial charge in [0.05, 0.1) is 26.4 Å². The molecule has 5 aliphatic rings. The number of pyridine rings is 1. The molecule has 0 bridgehead atoms. The molecule has 12 nitrogen and oxygen atoms in total. The molecule has 1 spiro atoms. The number of hydrogen-bond donors (Lipinski definition) is 4. The van der Waals surface area contributed by atoms with Gasteiger partial charge in [-0.1, -0.05) is 24.8 Å². The number of amides is 4. The number of halogens is 2. The minimum Gasteiger partial charge on any atom is -0.386 e. The number of aromatic nitrogens is 2. The largest absolute Gasteiger partial charge is 0.386 e. The fraction of sp³-hybridized carbons (Fsp3) is 0.489. The maximum Gasteiger partial charge on any atom is 0.287 e. The van der Waals surface area contributed by atoms with Crippen LogP contribution < -0.4 is 16.0 Å². The Kier molecular flexibility index (Phi) is 10.8. The third-order valence-electron chi connectivity index (χ3n) is 13.6. The number of piperidine rings is 1. The summed E-state index contributed by atoms with van der Waals surface area (Å²) in [6.45, 7) is 12.3. The van der Waals surface area contributed by atoms with Gasteiger partial charge in [-0.25, -0.2) is 9.97 Å². The van der Waals surface area contributed by atoms with E-state index in [1.165, 1.54) is 35.9 Å². The number of hydrogen-bond acceptors (Lipinski definition) is 10. The lowest BCUT2D eigenvalue weighted by Crippen LogP contribution is -2.63. The third kappa shape index (κ3) is 8.14. The lowest BCUT2D eigenvalue weighted by atomic mass is 9.57. The standard InChI is InChI=1S/C47H53F2N7O5S/c1-26-30-7-5-8-32(40(30)44(60)56(26)36-15-16-39(57)54-42(36)59)50-18-17-28-21-47(22-28)24-55(25-47)23-27-11-13-29(14-12-27)43-53-35-19-31(45(2,3)61)34(20-37(35)62-43)52-41(58)33-9-6-10-38(51-33)46(4,48)49/h5-10,19-20,27-29,36,50,61H,1,11-18,21-25H2,2-4H3,(H,52,58)(H,54,57,59)/t27-,29-,36?.